The van der Waals surface area contributed by atoms with Crippen molar-refractivity contribution in [3.05, 3.63) is 17.5 Å². The molecular weight excluding hydrogens is 446 g/mol. The second kappa shape index (κ2) is 9.63. The summed E-state index contributed by atoms with van der Waals surface area (Å²) < 4.78 is 40.1. The van der Waals surface area contributed by atoms with Gasteiger partial charge in [0, 0.05) is 31.4 Å². The van der Waals surface area contributed by atoms with Crippen molar-refractivity contribution in [3.63, 3.8) is 0 Å². The monoisotopic (exact) mass is 473 g/mol. The zero-order valence-electron chi connectivity index (χ0n) is 14.9. The molecule has 25 heavy (non-hydrogen) atoms. The maximum Gasteiger partial charge on any atom is 0.435 e. The van der Waals surface area contributed by atoms with Gasteiger partial charge in [0.05, 0.1) is 6.54 Å². The molecule has 1 aliphatic rings. The van der Waals surface area contributed by atoms with E-state index in [0.717, 1.165) is 31.6 Å². The first kappa shape index (κ1) is 22.0. The number of nitrogens with one attached hydrogen (secondary N) is 2. The lowest BCUT2D eigenvalue weighted by Gasteiger charge is -2.28. The second-order valence-corrected chi connectivity index (χ2v) is 6.47. The third kappa shape index (κ3) is 6.67. The van der Waals surface area contributed by atoms with Crippen LogP contribution in [-0.4, -0.2) is 28.3 Å². The van der Waals surface area contributed by atoms with Gasteiger partial charge in [-0.05, 0) is 38.5 Å². The molecule has 0 amide bonds. The second-order valence-electron chi connectivity index (χ2n) is 6.47. The van der Waals surface area contributed by atoms with Crippen LogP contribution in [0.25, 0.3) is 0 Å². The molecule has 1 aliphatic carbocycles. The van der Waals surface area contributed by atoms with Gasteiger partial charge in [-0.2, -0.15) is 18.3 Å². The fourth-order valence-electron chi connectivity index (χ4n) is 2.97. The predicted molar refractivity (Wildman–Crippen MR) is 103 cm³/mol. The zero-order chi connectivity index (χ0) is 17.7. The van der Waals surface area contributed by atoms with Crippen LogP contribution in [-0.2, 0) is 19.8 Å². The number of nitrogens with zero attached hydrogens (tertiary/aromatic N) is 3. The summed E-state index contributed by atoms with van der Waals surface area (Å²) >= 11 is 0. The molecule has 0 unspecified atom stereocenters. The number of guanidine groups is 1. The van der Waals surface area contributed by atoms with Crippen molar-refractivity contribution >= 4 is 29.9 Å². The van der Waals surface area contributed by atoms with Gasteiger partial charge in [-0.25, -0.2) is 4.99 Å². The SMILES string of the molecule is CCNC(=NCc1cn(C)nc1C(F)(F)F)NC1CCC(C)CC1.I. The van der Waals surface area contributed by atoms with E-state index in [2.05, 4.69) is 27.6 Å². The van der Waals surface area contributed by atoms with Gasteiger partial charge < -0.3 is 10.6 Å². The summed E-state index contributed by atoms with van der Waals surface area (Å²) in [5.74, 6) is 1.31. The van der Waals surface area contributed by atoms with E-state index in [9.17, 15) is 13.2 Å². The van der Waals surface area contributed by atoms with Crippen molar-refractivity contribution in [1.82, 2.24) is 20.4 Å². The number of hydrogen-bond donors (Lipinski definition) is 2. The molecule has 0 atom stereocenters. The van der Waals surface area contributed by atoms with Crippen LogP contribution >= 0.6 is 24.0 Å². The van der Waals surface area contributed by atoms with Crippen LogP contribution in [0.4, 0.5) is 13.2 Å². The van der Waals surface area contributed by atoms with Crippen molar-refractivity contribution in [1.29, 1.82) is 0 Å². The van der Waals surface area contributed by atoms with Gasteiger partial charge in [-0.1, -0.05) is 6.92 Å². The number of hydrogen-bond acceptors (Lipinski definition) is 2. The Morgan fingerprint density at radius 3 is 2.52 bits per heavy atom. The van der Waals surface area contributed by atoms with E-state index < -0.39 is 11.9 Å². The fourth-order valence-corrected chi connectivity index (χ4v) is 2.97. The normalized spacial score (nSPS) is 21.6. The number of alkyl halides is 3. The molecule has 5 nitrogen and oxygen atoms in total. The summed E-state index contributed by atoms with van der Waals surface area (Å²) in [6, 6.07) is 0.329. The minimum atomic E-state index is -4.46. The summed E-state index contributed by atoms with van der Waals surface area (Å²) in [6.45, 7) is 4.79. The largest absolute Gasteiger partial charge is 0.435 e. The Hall–Kier alpha value is -1.00. The Bertz CT molecular complexity index is 563. The maximum atomic E-state index is 13.0. The average Bonchev–Trinajstić information content (AvgIpc) is 2.88. The molecule has 0 aliphatic heterocycles. The van der Waals surface area contributed by atoms with E-state index in [-0.39, 0.29) is 36.1 Å². The minimum absolute atomic E-state index is 0. The number of aromatic nitrogens is 2. The van der Waals surface area contributed by atoms with Crippen LogP contribution in [0.15, 0.2) is 11.2 Å². The van der Waals surface area contributed by atoms with Gasteiger partial charge in [0.15, 0.2) is 11.7 Å². The molecule has 2 rings (SSSR count). The summed E-state index contributed by atoms with van der Waals surface area (Å²) in [6.07, 6.45) is 1.37. The van der Waals surface area contributed by atoms with Crippen LogP contribution in [0.5, 0.6) is 0 Å². The fraction of sp³-hybridized carbons (Fsp3) is 0.750. The van der Waals surface area contributed by atoms with Crippen molar-refractivity contribution in [3.8, 4) is 0 Å². The molecule has 144 valence electrons. The number of aliphatic imine (C=N–C) groups is 1. The summed E-state index contributed by atoms with van der Waals surface area (Å²) in [5, 5.41) is 9.96. The minimum Gasteiger partial charge on any atom is -0.357 e. The summed E-state index contributed by atoms with van der Waals surface area (Å²) in [7, 11) is 1.48. The predicted octanol–water partition coefficient (Wildman–Crippen LogP) is 3.69. The Morgan fingerprint density at radius 2 is 1.96 bits per heavy atom. The first-order valence-corrected chi connectivity index (χ1v) is 8.44. The summed E-state index contributed by atoms with van der Waals surface area (Å²) in [5.41, 5.74) is -0.782. The molecular formula is C16H27F3IN5. The molecule has 1 saturated carbocycles. The van der Waals surface area contributed by atoms with Gasteiger partial charge in [0.2, 0.25) is 0 Å². The van der Waals surface area contributed by atoms with Crippen LogP contribution in [0.2, 0.25) is 0 Å². The highest BCUT2D eigenvalue weighted by Gasteiger charge is 2.36. The van der Waals surface area contributed by atoms with Crippen LogP contribution in [0, 0.1) is 5.92 Å². The first-order valence-electron chi connectivity index (χ1n) is 8.44. The van der Waals surface area contributed by atoms with Gasteiger partial charge in [0.25, 0.3) is 0 Å². The lowest BCUT2D eigenvalue weighted by molar-refractivity contribution is -0.142. The Labute approximate surface area is 163 Å². The van der Waals surface area contributed by atoms with E-state index >= 15 is 0 Å². The van der Waals surface area contributed by atoms with E-state index in [0.29, 0.717) is 18.5 Å². The van der Waals surface area contributed by atoms with E-state index in [1.165, 1.54) is 17.9 Å². The van der Waals surface area contributed by atoms with Gasteiger partial charge in [0.1, 0.15) is 0 Å². The van der Waals surface area contributed by atoms with Crippen LogP contribution in [0.3, 0.4) is 0 Å². The lowest BCUT2D eigenvalue weighted by atomic mass is 9.87. The molecule has 1 aromatic rings. The molecule has 1 fully saturated rings. The number of halogens is 4. The molecule has 1 heterocycles. The van der Waals surface area contributed by atoms with Gasteiger partial charge in [-0.15, -0.1) is 24.0 Å². The van der Waals surface area contributed by atoms with Crippen LogP contribution in [0.1, 0.15) is 50.8 Å². The highest BCUT2D eigenvalue weighted by atomic mass is 127. The maximum absolute atomic E-state index is 13.0. The topological polar surface area (TPSA) is 54.2 Å². The van der Waals surface area contributed by atoms with E-state index in [1.807, 2.05) is 6.92 Å². The van der Waals surface area contributed by atoms with Crippen molar-refractivity contribution in [2.24, 2.45) is 18.0 Å². The third-order valence-corrected chi connectivity index (χ3v) is 4.28. The smallest absolute Gasteiger partial charge is 0.357 e. The highest BCUT2D eigenvalue weighted by Crippen LogP contribution is 2.30. The molecule has 0 aromatic carbocycles. The summed E-state index contributed by atoms with van der Waals surface area (Å²) in [4.78, 5) is 4.33. The molecule has 0 saturated heterocycles. The molecule has 0 radical (unpaired) electrons. The van der Waals surface area contributed by atoms with Crippen molar-refractivity contribution in [2.45, 2.75) is 58.3 Å². The highest BCUT2D eigenvalue weighted by molar-refractivity contribution is 14.0. The van der Waals surface area contributed by atoms with E-state index in [1.54, 1.807) is 0 Å². The Kier molecular flexibility index (Phi) is 8.49. The molecule has 9 heteroatoms. The first-order chi connectivity index (χ1) is 11.3. The quantitative estimate of drug-likeness (QED) is 0.399. The van der Waals surface area contributed by atoms with E-state index in [4.69, 9.17) is 0 Å². The van der Waals surface area contributed by atoms with Crippen LogP contribution < -0.4 is 10.6 Å². The van der Waals surface area contributed by atoms with Gasteiger partial charge in [-0.3, -0.25) is 4.68 Å². The Balaban J connectivity index is 0.00000312. The van der Waals surface area contributed by atoms with Gasteiger partial charge >= 0.3 is 6.18 Å². The van der Waals surface area contributed by atoms with Crippen molar-refractivity contribution < 1.29 is 13.2 Å². The Morgan fingerprint density at radius 1 is 1.32 bits per heavy atom. The standard InChI is InChI=1S/C16H26F3N5.HI/c1-4-20-15(22-13-7-5-11(2)6-8-13)21-9-12-10-24(3)23-14(12)16(17,18)19;/h10-11,13H,4-9H2,1-3H3,(H2,20,21,22);1H. The molecule has 1 aromatic heterocycles. The number of aryl methyl sites for hydroxylation is 1. The molecule has 2 N–H and O–H groups in total. The van der Waals surface area contributed by atoms with Crippen molar-refractivity contribution in [2.75, 3.05) is 6.54 Å². The number of rotatable bonds is 4. The lowest BCUT2D eigenvalue weighted by Crippen LogP contribution is -2.44. The molecule has 0 bridgehead atoms. The molecule has 0 spiro atoms. The third-order valence-electron chi connectivity index (χ3n) is 4.28. The zero-order valence-corrected chi connectivity index (χ0v) is 17.2. The average molecular weight is 473 g/mol.